The van der Waals surface area contributed by atoms with Gasteiger partial charge in [0, 0.05) is 24.9 Å². The van der Waals surface area contributed by atoms with Crippen LogP contribution in [0.1, 0.15) is 28.9 Å². The molecule has 1 amide bonds. The zero-order chi connectivity index (χ0) is 19.6. The predicted octanol–water partition coefficient (Wildman–Crippen LogP) is 2.41. The number of anilines is 1. The molecule has 0 aromatic heterocycles. The van der Waals surface area contributed by atoms with Gasteiger partial charge in [-0.05, 0) is 36.8 Å². The third-order valence-electron chi connectivity index (χ3n) is 4.17. The minimum Gasteiger partial charge on any atom is -0.393 e. The van der Waals surface area contributed by atoms with Gasteiger partial charge < -0.3 is 10.6 Å². The largest absolute Gasteiger partial charge is 0.393 e. The van der Waals surface area contributed by atoms with Crippen molar-refractivity contribution in [3.8, 4) is 0 Å². The van der Waals surface area contributed by atoms with E-state index in [1.807, 2.05) is 0 Å². The maximum absolute atomic E-state index is 12.6. The van der Waals surface area contributed by atoms with E-state index in [2.05, 4.69) is 0 Å². The molecule has 0 fully saturated rings. The van der Waals surface area contributed by atoms with Crippen LogP contribution in [0.25, 0.3) is 0 Å². The summed E-state index contributed by atoms with van der Waals surface area (Å²) >= 11 is 0. The fourth-order valence-electron chi connectivity index (χ4n) is 2.43. The molecule has 0 saturated heterocycles. The number of amides is 1. The number of hydrogen-bond donors (Lipinski definition) is 1. The van der Waals surface area contributed by atoms with Gasteiger partial charge in [0.1, 0.15) is 5.69 Å². The molecule has 138 valence electrons. The number of benzene rings is 2. The molecule has 0 aliphatic heterocycles. The van der Waals surface area contributed by atoms with E-state index in [1.165, 1.54) is 29.2 Å². The van der Waals surface area contributed by atoms with Crippen LogP contribution in [0.5, 0.6) is 0 Å². The molecule has 0 aliphatic carbocycles. The number of nitrogens with two attached hydrogens (primary N) is 1. The Hall–Kier alpha value is -2.94. The third kappa shape index (κ3) is 3.99. The van der Waals surface area contributed by atoms with Gasteiger partial charge in [-0.1, -0.05) is 12.1 Å². The topological polar surface area (TPSA) is 124 Å². The molecule has 0 aliphatic rings. The lowest BCUT2D eigenvalue weighted by Gasteiger charge is -2.25. The van der Waals surface area contributed by atoms with Gasteiger partial charge in [0.25, 0.3) is 11.6 Å². The van der Waals surface area contributed by atoms with Crippen molar-refractivity contribution in [1.82, 2.24) is 4.90 Å². The molecule has 0 bridgehead atoms. The molecule has 2 rings (SSSR count). The van der Waals surface area contributed by atoms with Crippen LogP contribution in [-0.4, -0.2) is 37.5 Å². The predicted molar refractivity (Wildman–Crippen MR) is 97.6 cm³/mol. The SMILES string of the molecule is CC(c1ccc(S(C)(=O)=O)cc1)N(C)C(=O)c1ccc(N)c([N+](=O)[O-])c1. The van der Waals surface area contributed by atoms with Crippen LogP contribution in [0.4, 0.5) is 11.4 Å². The average molecular weight is 377 g/mol. The number of carbonyl (C=O) groups excluding carboxylic acids is 1. The minimum absolute atomic E-state index is 0.0152. The van der Waals surface area contributed by atoms with E-state index >= 15 is 0 Å². The monoisotopic (exact) mass is 377 g/mol. The highest BCUT2D eigenvalue weighted by Crippen LogP contribution is 2.26. The minimum atomic E-state index is -3.30. The van der Waals surface area contributed by atoms with Crippen molar-refractivity contribution < 1.29 is 18.1 Å². The zero-order valence-corrected chi connectivity index (χ0v) is 15.4. The summed E-state index contributed by atoms with van der Waals surface area (Å²) in [6, 6.07) is 9.76. The zero-order valence-electron chi connectivity index (χ0n) is 14.5. The Balaban J connectivity index is 2.27. The first-order chi connectivity index (χ1) is 12.0. The highest BCUT2D eigenvalue weighted by atomic mass is 32.2. The van der Waals surface area contributed by atoms with Crippen molar-refractivity contribution in [2.75, 3.05) is 19.0 Å². The van der Waals surface area contributed by atoms with E-state index < -0.39 is 20.7 Å². The lowest BCUT2D eigenvalue weighted by Crippen LogP contribution is -2.29. The highest BCUT2D eigenvalue weighted by molar-refractivity contribution is 7.90. The lowest BCUT2D eigenvalue weighted by atomic mass is 10.1. The first-order valence-corrected chi connectivity index (χ1v) is 9.52. The molecule has 9 heteroatoms. The second kappa shape index (κ2) is 7.12. The Kier molecular flexibility index (Phi) is 5.31. The van der Waals surface area contributed by atoms with E-state index in [1.54, 1.807) is 26.1 Å². The van der Waals surface area contributed by atoms with Gasteiger partial charge in [-0.25, -0.2) is 8.42 Å². The van der Waals surface area contributed by atoms with Gasteiger partial charge in [-0.3, -0.25) is 14.9 Å². The van der Waals surface area contributed by atoms with Gasteiger partial charge in [0.15, 0.2) is 9.84 Å². The van der Waals surface area contributed by atoms with Crippen molar-refractivity contribution in [3.63, 3.8) is 0 Å². The third-order valence-corrected chi connectivity index (χ3v) is 5.29. The number of carbonyl (C=O) groups is 1. The standard InChI is InChI=1S/C17H19N3O5S/c1-11(12-4-7-14(8-5-12)26(3,24)25)19(2)17(21)13-6-9-15(18)16(10-13)20(22)23/h4-11H,18H2,1-3H3. The first-order valence-electron chi connectivity index (χ1n) is 7.63. The highest BCUT2D eigenvalue weighted by Gasteiger charge is 2.22. The van der Waals surface area contributed by atoms with Crippen molar-refractivity contribution in [2.24, 2.45) is 0 Å². The van der Waals surface area contributed by atoms with E-state index in [0.29, 0.717) is 0 Å². The summed E-state index contributed by atoms with van der Waals surface area (Å²) in [6.45, 7) is 1.78. The quantitative estimate of drug-likeness (QED) is 0.485. The summed E-state index contributed by atoms with van der Waals surface area (Å²) < 4.78 is 23.1. The molecule has 8 nitrogen and oxygen atoms in total. The van der Waals surface area contributed by atoms with Gasteiger partial charge in [0.05, 0.1) is 15.9 Å². The number of sulfone groups is 1. The summed E-state index contributed by atoms with van der Waals surface area (Å²) in [6.07, 6.45) is 1.12. The van der Waals surface area contributed by atoms with Crippen molar-refractivity contribution in [2.45, 2.75) is 17.9 Å². The average Bonchev–Trinajstić information content (AvgIpc) is 2.59. The lowest BCUT2D eigenvalue weighted by molar-refractivity contribution is -0.383. The summed E-state index contributed by atoms with van der Waals surface area (Å²) in [4.78, 5) is 24.6. The summed E-state index contributed by atoms with van der Waals surface area (Å²) in [7, 11) is -1.73. The molecule has 2 N–H and O–H groups in total. The van der Waals surface area contributed by atoms with Gasteiger partial charge >= 0.3 is 0 Å². The normalized spacial score (nSPS) is 12.4. The number of nitro groups is 1. The molecule has 0 spiro atoms. The summed E-state index contributed by atoms with van der Waals surface area (Å²) in [5, 5.41) is 11.0. The molecule has 1 atom stereocenters. The molecule has 2 aromatic carbocycles. The van der Waals surface area contributed by atoms with Crippen LogP contribution in [-0.2, 0) is 9.84 Å². The summed E-state index contributed by atoms with van der Waals surface area (Å²) in [5.41, 5.74) is 6.09. The van der Waals surface area contributed by atoms with E-state index in [4.69, 9.17) is 5.73 Å². The number of hydrogen-bond acceptors (Lipinski definition) is 6. The Morgan fingerprint density at radius 1 is 1.19 bits per heavy atom. The molecule has 26 heavy (non-hydrogen) atoms. The van der Waals surface area contributed by atoms with Crippen molar-refractivity contribution in [1.29, 1.82) is 0 Å². The smallest absolute Gasteiger partial charge is 0.292 e. The van der Waals surface area contributed by atoms with Gasteiger partial charge in [0.2, 0.25) is 0 Å². The number of rotatable bonds is 5. The fourth-order valence-corrected chi connectivity index (χ4v) is 3.06. The molecular formula is C17H19N3O5S. The van der Waals surface area contributed by atoms with Gasteiger partial charge in [-0.2, -0.15) is 0 Å². The van der Waals surface area contributed by atoms with Crippen LogP contribution >= 0.6 is 0 Å². The summed E-state index contributed by atoms with van der Waals surface area (Å²) in [5.74, 6) is -0.409. The Morgan fingerprint density at radius 2 is 1.77 bits per heavy atom. The van der Waals surface area contributed by atoms with Crippen LogP contribution in [0.2, 0.25) is 0 Å². The fraction of sp³-hybridized carbons (Fsp3) is 0.235. The Morgan fingerprint density at radius 3 is 2.27 bits per heavy atom. The van der Waals surface area contributed by atoms with Crippen molar-refractivity contribution >= 4 is 27.1 Å². The van der Waals surface area contributed by atoms with E-state index in [9.17, 15) is 23.3 Å². The maximum Gasteiger partial charge on any atom is 0.292 e. The maximum atomic E-state index is 12.6. The van der Waals surface area contributed by atoms with E-state index in [-0.39, 0.29) is 27.9 Å². The molecule has 0 heterocycles. The molecule has 2 aromatic rings. The Labute approximate surface area is 151 Å². The van der Waals surface area contributed by atoms with Crippen LogP contribution in [0.3, 0.4) is 0 Å². The van der Waals surface area contributed by atoms with Crippen LogP contribution in [0.15, 0.2) is 47.4 Å². The number of nitrogens with zero attached hydrogens (tertiary/aromatic N) is 2. The van der Waals surface area contributed by atoms with Crippen LogP contribution in [0, 0.1) is 10.1 Å². The van der Waals surface area contributed by atoms with E-state index in [0.717, 1.165) is 17.9 Å². The van der Waals surface area contributed by atoms with Crippen LogP contribution < -0.4 is 5.73 Å². The second-order valence-corrected chi connectivity index (χ2v) is 7.98. The number of nitrogen functional groups attached to an aromatic ring is 1. The number of nitro benzene ring substituents is 1. The Bertz CT molecular complexity index is 955. The van der Waals surface area contributed by atoms with Gasteiger partial charge in [-0.15, -0.1) is 0 Å². The van der Waals surface area contributed by atoms with Crippen molar-refractivity contribution in [3.05, 3.63) is 63.7 Å². The molecular weight excluding hydrogens is 358 g/mol. The molecule has 0 saturated carbocycles. The molecule has 0 radical (unpaired) electrons. The molecule has 1 unspecified atom stereocenters. The first kappa shape index (κ1) is 19.4. The second-order valence-electron chi connectivity index (χ2n) is 5.96.